The molecule has 2 heterocycles. The average molecular weight is 347 g/mol. The predicted molar refractivity (Wildman–Crippen MR) is 93.4 cm³/mol. The average Bonchev–Trinajstić information content (AvgIpc) is 2.89. The number of hydrogen-bond acceptors (Lipinski definition) is 5. The molecule has 1 atom stereocenters. The molecule has 0 radical (unpaired) electrons. The molecule has 3 rings (SSSR count). The highest BCUT2D eigenvalue weighted by atomic mass is 16.5. The molecule has 136 valence electrons. The van der Waals surface area contributed by atoms with Gasteiger partial charge in [-0.05, 0) is 18.1 Å². The molecular formula is C18H25N3O4. The molecule has 0 saturated carbocycles. The Morgan fingerprint density at radius 3 is 2.92 bits per heavy atom. The number of fused-ring (bicyclic) bond motifs is 1. The first kappa shape index (κ1) is 17.7. The molecule has 2 aliphatic rings. The van der Waals surface area contributed by atoms with Crippen molar-refractivity contribution in [3.63, 3.8) is 0 Å². The molecule has 2 aliphatic heterocycles. The summed E-state index contributed by atoms with van der Waals surface area (Å²) in [4.78, 5) is 28.1. The number of hydrogen-bond donors (Lipinski definition) is 2. The van der Waals surface area contributed by atoms with Gasteiger partial charge in [0, 0.05) is 25.8 Å². The first-order valence-electron chi connectivity index (χ1n) is 8.62. The molecule has 2 N–H and O–H groups in total. The maximum Gasteiger partial charge on any atom is 0.242 e. The number of ether oxygens (including phenoxy) is 1. The molecule has 1 saturated heterocycles. The number of nitrogens with zero attached hydrogens (tertiary/aromatic N) is 2. The van der Waals surface area contributed by atoms with Crippen LogP contribution in [0.15, 0.2) is 24.3 Å². The molecule has 0 aromatic heterocycles. The van der Waals surface area contributed by atoms with Crippen molar-refractivity contribution in [1.82, 2.24) is 10.2 Å². The van der Waals surface area contributed by atoms with Crippen molar-refractivity contribution in [3.8, 4) is 0 Å². The summed E-state index contributed by atoms with van der Waals surface area (Å²) in [7, 11) is 1.52. The Labute approximate surface area is 147 Å². The Kier molecular flexibility index (Phi) is 5.24. The van der Waals surface area contributed by atoms with Crippen molar-refractivity contribution >= 4 is 17.5 Å². The van der Waals surface area contributed by atoms with Gasteiger partial charge < -0.3 is 25.0 Å². The fourth-order valence-electron chi connectivity index (χ4n) is 3.46. The van der Waals surface area contributed by atoms with Gasteiger partial charge in [0.1, 0.15) is 5.60 Å². The molecule has 1 aromatic rings. The summed E-state index contributed by atoms with van der Waals surface area (Å²) >= 11 is 0. The minimum Gasteiger partial charge on any atom is -0.385 e. The van der Waals surface area contributed by atoms with Crippen LogP contribution in [0.1, 0.15) is 12.0 Å². The summed E-state index contributed by atoms with van der Waals surface area (Å²) in [5, 5.41) is 13.2. The van der Waals surface area contributed by atoms with E-state index in [-0.39, 0.29) is 37.9 Å². The minimum atomic E-state index is -1.35. The second-order valence-electron chi connectivity index (χ2n) is 6.74. The van der Waals surface area contributed by atoms with Crippen molar-refractivity contribution in [2.45, 2.75) is 18.4 Å². The Hall–Kier alpha value is -2.12. The number of carbonyl (C=O) groups is 2. The highest BCUT2D eigenvalue weighted by molar-refractivity contribution is 5.83. The summed E-state index contributed by atoms with van der Waals surface area (Å²) in [5.74, 6) is -0.327. The van der Waals surface area contributed by atoms with E-state index in [1.807, 2.05) is 18.2 Å². The minimum absolute atomic E-state index is 0.0523. The van der Waals surface area contributed by atoms with Crippen LogP contribution in [0, 0.1) is 0 Å². The Morgan fingerprint density at radius 1 is 1.32 bits per heavy atom. The van der Waals surface area contributed by atoms with E-state index in [0.29, 0.717) is 13.2 Å². The molecule has 1 fully saturated rings. The second kappa shape index (κ2) is 7.41. The van der Waals surface area contributed by atoms with Crippen LogP contribution in [0.25, 0.3) is 0 Å². The third-order valence-electron chi connectivity index (χ3n) is 4.79. The van der Waals surface area contributed by atoms with E-state index in [1.165, 1.54) is 12.6 Å². The number of nitrogens with one attached hydrogen (secondary N) is 1. The van der Waals surface area contributed by atoms with E-state index < -0.39 is 5.60 Å². The topological polar surface area (TPSA) is 82.1 Å². The van der Waals surface area contributed by atoms with Gasteiger partial charge in [-0.1, -0.05) is 18.2 Å². The largest absolute Gasteiger partial charge is 0.385 e. The number of amides is 2. The summed E-state index contributed by atoms with van der Waals surface area (Å²) in [6.07, 6.45) is 0.854. The molecule has 0 spiro atoms. The third kappa shape index (κ3) is 4.11. The van der Waals surface area contributed by atoms with Crippen LogP contribution in [-0.4, -0.2) is 73.9 Å². The van der Waals surface area contributed by atoms with E-state index in [0.717, 1.165) is 18.7 Å². The Balaban J connectivity index is 1.66. The number of benzene rings is 1. The van der Waals surface area contributed by atoms with Gasteiger partial charge in [0.05, 0.1) is 32.7 Å². The standard InChI is InChI=1S/C18H25N3O4/c1-19-16(22)10-18(24)12-21(8-9-25-13-18)17(23)11-20-7-6-14-4-2-3-5-15(14)20/h2-5,24H,6-13H2,1H3,(H,19,22)/t18-/m1/s1. The highest BCUT2D eigenvalue weighted by Crippen LogP contribution is 2.27. The van der Waals surface area contributed by atoms with Crippen LogP contribution >= 0.6 is 0 Å². The molecule has 25 heavy (non-hydrogen) atoms. The molecule has 7 nitrogen and oxygen atoms in total. The zero-order valence-electron chi connectivity index (χ0n) is 14.5. The number of para-hydroxylation sites is 1. The summed E-state index contributed by atoms with van der Waals surface area (Å²) in [6, 6.07) is 8.10. The van der Waals surface area contributed by atoms with Crippen LogP contribution in [0.2, 0.25) is 0 Å². The van der Waals surface area contributed by atoms with Crippen LogP contribution in [0.3, 0.4) is 0 Å². The van der Waals surface area contributed by atoms with Crippen molar-refractivity contribution in [2.24, 2.45) is 0 Å². The first-order chi connectivity index (χ1) is 12.0. The van der Waals surface area contributed by atoms with E-state index in [1.54, 1.807) is 4.90 Å². The quantitative estimate of drug-likeness (QED) is 0.787. The van der Waals surface area contributed by atoms with Gasteiger partial charge in [-0.3, -0.25) is 9.59 Å². The summed E-state index contributed by atoms with van der Waals surface area (Å²) < 4.78 is 5.42. The monoisotopic (exact) mass is 347 g/mol. The zero-order chi connectivity index (χ0) is 17.9. The van der Waals surface area contributed by atoms with Crippen LogP contribution < -0.4 is 10.2 Å². The fraction of sp³-hybridized carbons (Fsp3) is 0.556. The van der Waals surface area contributed by atoms with Gasteiger partial charge in [-0.25, -0.2) is 0 Å². The van der Waals surface area contributed by atoms with Crippen molar-refractivity contribution in [1.29, 1.82) is 0 Å². The van der Waals surface area contributed by atoms with Crippen molar-refractivity contribution < 1.29 is 19.4 Å². The van der Waals surface area contributed by atoms with Crippen LogP contribution in [-0.2, 0) is 20.7 Å². The highest BCUT2D eigenvalue weighted by Gasteiger charge is 2.36. The van der Waals surface area contributed by atoms with E-state index in [4.69, 9.17) is 4.74 Å². The summed E-state index contributed by atoms with van der Waals surface area (Å²) in [6.45, 7) is 2.03. The molecule has 0 aliphatic carbocycles. The van der Waals surface area contributed by atoms with Gasteiger partial charge in [-0.15, -0.1) is 0 Å². The lowest BCUT2D eigenvalue weighted by molar-refractivity contribution is -0.136. The fourth-order valence-corrected chi connectivity index (χ4v) is 3.46. The number of anilines is 1. The Morgan fingerprint density at radius 2 is 2.12 bits per heavy atom. The van der Waals surface area contributed by atoms with Crippen LogP contribution in [0.5, 0.6) is 0 Å². The number of carbonyl (C=O) groups excluding carboxylic acids is 2. The predicted octanol–water partition coefficient (Wildman–Crippen LogP) is -0.225. The van der Waals surface area contributed by atoms with Crippen molar-refractivity contribution in [2.75, 3.05) is 51.3 Å². The Bertz CT molecular complexity index is 651. The lowest BCUT2D eigenvalue weighted by Gasteiger charge is -2.31. The van der Waals surface area contributed by atoms with Gasteiger partial charge in [-0.2, -0.15) is 0 Å². The van der Waals surface area contributed by atoms with Gasteiger partial charge in [0.15, 0.2) is 0 Å². The molecule has 0 bridgehead atoms. The smallest absolute Gasteiger partial charge is 0.242 e. The molecule has 2 amide bonds. The van der Waals surface area contributed by atoms with Crippen molar-refractivity contribution in [3.05, 3.63) is 29.8 Å². The molecule has 7 heteroatoms. The van der Waals surface area contributed by atoms with Gasteiger partial charge >= 0.3 is 0 Å². The lowest BCUT2D eigenvalue weighted by Crippen LogP contribution is -2.50. The number of β-amino-alcohol motifs (C(OH)–C–C–N with tert-alkyl or cyclic N) is 1. The van der Waals surface area contributed by atoms with Gasteiger partial charge in [0.2, 0.25) is 11.8 Å². The van der Waals surface area contributed by atoms with Gasteiger partial charge in [0.25, 0.3) is 0 Å². The molecular weight excluding hydrogens is 322 g/mol. The lowest BCUT2D eigenvalue weighted by atomic mass is 9.99. The zero-order valence-corrected chi connectivity index (χ0v) is 14.5. The third-order valence-corrected chi connectivity index (χ3v) is 4.79. The van der Waals surface area contributed by atoms with E-state index >= 15 is 0 Å². The van der Waals surface area contributed by atoms with Crippen LogP contribution in [0.4, 0.5) is 5.69 Å². The van der Waals surface area contributed by atoms with E-state index in [9.17, 15) is 14.7 Å². The van der Waals surface area contributed by atoms with E-state index in [2.05, 4.69) is 16.3 Å². The number of rotatable bonds is 4. The first-order valence-corrected chi connectivity index (χ1v) is 8.62. The normalized spacial score (nSPS) is 23.1. The second-order valence-corrected chi connectivity index (χ2v) is 6.74. The molecule has 1 aromatic carbocycles. The molecule has 0 unspecified atom stereocenters. The number of aliphatic hydroxyl groups is 1. The maximum absolute atomic E-state index is 12.8. The summed E-state index contributed by atoms with van der Waals surface area (Å²) in [5.41, 5.74) is 1.00. The SMILES string of the molecule is CNC(=O)C[C@]1(O)COCCN(C(=O)CN2CCc3ccccc32)C1. The maximum atomic E-state index is 12.8.